The zero-order valence-electron chi connectivity index (χ0n) is 9.30. The smallest absolute Gasteiger partial charge is 0.334 e. The molecule has 4 heteroatoms. The van der Waals surface area contributed by atoms with Crippen LogP contribution >= 0.6 is 0 Å². The van der Waals surface area contributed by atoms with Crippen LogP contribution in [0.25, 0.3) is 0 Å². The van der Waals surface area contributed by atoms with Gasteiger partial charge in [-0.1, -0.05) is 18.2 Å². The lowest BCUT2D eigenvalue weighted by Crippen LogP contribution is -2.22. The van der Waals surface area contributed by atoms with Crippen molar-refractivity contribution in [3.63, 3.8) is 0 Å². The Morgan fingerprint density at radius 1 is 1.31 bits per heavy atom. The quantitative estimate of drug-likeness (QED) is 0.518. The molecule has 0 fully saturated rings. The Kier molecular flexibility index (Phi) is 2.81. The van der Waals surface area contributed by atoms with Gasteiger partial charge in [0.05, 0.1) is 20.1 Å². The topological polar surface area (TPSA) is 52.6 Å². The first-order valence-electron chi connectivity index (χ1n) is 5.23. The third-order valence-corrected chi connectivity index (χ3v) is 3.29. The Bertz CT molecular complexity index is 380. The summed E-state index contributed by atoms with van der Waals surface area (Å²) >= 11 is 0. The van der Waals surface area contributed by atoms with Crippen molar-refractivity contribution in [2.45, 2.75) is 6.42 Å². The fourth-order valence-corrected chi connectivity index (χ4v) is 2.50. The first-order valence-corrected chi connectivity index (χ1v) is 5.23. The molecule has 0 N–H and O–H groups in total. The highest BCUT2D eigenvalue weighted by atomic mass is 16.5. The van der Waals surface area contributed by atoms with Gasteiger partial charge < -0.3 is 9.47 Å². The second-order valence-electron chi connectivity index (χ2n) is 4.02. The van der Waals surface area contributed by atoms with Gasteiger partial charge in [-0.25, -0.2) is 4.79 Å². The second-order valence-corrected chi connectivity index (χ2v) is 4.02. The molecule has 0 aliphatic heterocycles. The summed E-state index contributed by atoms with van der Waals surface area (Å²) in [7, 11) is 2.71. The molecule has 0 spiro atoms. The number of hydrogen-bond acceptors (Lipinski definition) is 4. The van der Waals surface area contributed by atoms with E-state index in [4.69, 9.17) is 9.47 Å². The predicted octanol–water partition coefficient (Wildman–Crippen LogP) is 1.08. The van der Waals surface area contributed by atoms with Crippen molar-refractivity contribution in [3.05, 3.63) is 23.8 Å². The molecule has 1 unspecified atom stereocenters. The molecule has 3 atom stereocenters. The number of methoxy groups -OCH3 is 2. The number of ether oxygens (including phenoxy) is 2. The van der Waals surface area contributed by atoms with E-state index >= 15 is 0 Å². The molecule has 16 heavy (non-hydrogen) atoms. The maximum absolute atomic E-state index is 11.6. The van der Waals surface area contributed by atoms with Crippen molar-refractivity contribution >= 4 is 11.9 Å². The van der Waals surface area contributed by atoms with Crippen LogP contribution in [0, 0.1) is 17.8 Å². The molecule has 0 aromatic rings. The first-order chi connectivity index (χ1) is 7.69. The van der Waals surface area contributed by atoms with E-state index in [0.29, 0.717) is 5.57 Å². The molecule has 0 aromatic heterocycles. The normalized spacial score (nSPS) is 30.9. The molecule has 2 rings (SSSR count). The van der Waals surface area contributed by atoms with Crippen molar-refractivity contribution in [1.82, 2.24) is 0 Å². The summed E-state index contributed by atoms with van der Waals surface area (Å²) in [4.78, 5) is 23.1. The van der Waals surface area contributed by atoms with Crippen LogP contribution in [0.1, 0.15) is 6.42 Å². The summed E-state index contributed by atoms with van der Waals surface area (Å²) in [6.45, 7) is 0. The minimum atomic E-state index is -0.354. The van der Waals surface area contributed by atoms with E-state index < -0.39 is 0 Å². The lowest BCUT2D eigenvalue weighted by atomic mass is 9.88. The predicted molar refractivity (Wildman–Crippen MR) is 56.3 cm³/mol. The van der Waals surface area contributed by atoms with Crippen molar-refractivity contribution in [3.8, 4) is 0 Å². The molecule has 86 valence electrons. The molecule has 0 saturated heterocycles. The number of hydrogen-bond donors (Lipinski definition) is 0. The highest BCUT2D eigenvalue weighted by Gasteiger charge is 2.44. The van der Waals surface area contributed by atoms with E-state index in [0.717, 1.165) is 6.42 Å². The summed E-state index contributed by atoms with van der Waals surface area (Å²) in [6.07, 6.45) is 6.47. The summed E-state index contributed by atoms with van der Waals surface area (Å²) in [5.41, 5.74) is 0.580. The van der Waals surface area contributed by atoms with Crippen molar-refractivity contribution in [1.29, 1.82) is 0 Å². The zero-order valence-corrected chi connectivity index (χ0v) is 9.30. The van der Waals surface area contributed by atoms with E-state index in [-0.39, 0.29) is 29.7 Å². The Morgan fingerprint density at radius 2 is 2.06 bits per heavy atom. The van der Waals surface area contributed by atoms with Gasteiger partial charge >= 0.3 is 11.9 Å². The SMILES string of the molecule is COC(=O)C1=CC(C(=O)OC)[C@@H]2CC=C[C@H]12. The van der Waals surface area contributed by atoms with E-state index in [1.807, 2.05) is 12.2 Å². The van der Waals surface area contributed by atoms with Crippen molar-refractivity contribution < 1.29 is 19.1 Å². The Balaban J connectivity index is 2.27. The fourth-order valence-electron chi connectivity index (χ4n) is 2.50. The van der Waals surface area contributed by atoms with Crippen LogP contribution in [0.4, 0.5) is 0 Å². The number of carbonyl (C=O) groups is 2. The summed E-state index contributed by atoms with van der Waals surface area (Å²) in [5.74, 6) is -0.817. The summed E-state index contributed by atoms with van der Waals surface area (Å²) in [5, 5.41) is 0. The van der Waals surface area contributed by atoms with Crippen LogP contribution in [0.5, 0.6) is 0 Å². The lowest BCUT2D eigenvalue weighted by Gasteiger charge is -2.16. The van der Waals surface area contributed by atoms with Crippen LogP contribution in [0.2, 0.25) is 0 Å². The van der Waals surface area contributed by atoms with E-state index in [1.165, 1.54) is 14.2 Å². The second kappa shape index (κ2) is 4.12. The van der Waals surface area contributed by atoms with Gasteiger partial charge in [-0.15, -0.1) is 0 Å². The van der Waals surface area contributed by atoms with Crippen LogP contribution in [0.3, 0.4) is 0 Å². The third kappa shape index (κ3) is 1.54. The standard InChI is InChI=1S/C12H14O4/c1-15-11(13)9-6-10(12(14)16-2)8-5-3-4-7(8)9/h3-4,6-8,10H,5H2,1-2H3/t7-,8+,10?/m0/s1. The molecular weight excluding hydrogens is 208 g/mol. The third-order valence-electron chi connectivity index (χ3n) is 3.29. The number of fused-ring (bicyclic) bond motifs is 1. The van der Waals surface area contributed by atoms with Gasteiger partial charge in [0.15, 0.2) is 0 Å². The summed E-state index contributed by atoms with van der Waals surface area (Å²) in [6, 6.07) is 0. The van der Waals surface area contributed by atoms with E-state index in [2.05, 4.69) is 0 Å². The van der Waals surface area contributed by atoms with Gasteiger partial charge in [-0.05, 0) is 12.3 Å². The van der Waals surface area contributed by atoms with Crippen molar-refractivity contribution in [2.24, 2.45) is 17.8 Å². The number of carbonyl (C=O) groups excluding carboxylic acids is 2. The minimum absolute atomic E-state index is 0.0107. The molecule has 0 aromatic carbocycles. The van der Waals surface area contributed by atoms with Gasteiger partial charge in [-0.3, -0.25) is 4.79 Å². The molecule has 0 bridgehead atoms. The Hall–Kier alpha value is -1.58. The lowest BCUT2D eigenvalue weighted by molar-refractivity contribution is -0.145. The molecule has 2 aliphatic carbocycles. The monoisotopic (exact) mass is 222 g/mol. The van der Waals surface area contributed by atoms with Gasteiger partial charge in [0, 0.05) is 11.5 Å². The molecule has 0 radical (unpaired) electrons. The minimum Gasteiger partial charge on any atom is -0.469 e. The average Bonchev–Trinajstić information content (AvgIpc) is 2.87. The van der Waals surface area contributed by atoms with Gasteiger partial charge in [0.2, 0.25) is 0 Å². The van der Waals surface area contributed by atoms with Crippen molar-refractivity contribution in [2.75, 3.05) is 14.2 Å². The molecule has 0 amide bonds. The van der Waals surface area contributed by atoms with Crippen LogP contribution in [-0.2, 0) is 19.1 Å². The highest BCUT2D eigenvalue weighted by Crippen LogP contribution is 2.44. The largest absolute Gasteiger partial charge is 0.469 e. The molecule has 0 heterocycles. The van der Waals surface area contributed by atoms with Crippen LogP contribution in [0.15, 0.2) is 23.8 Å². The number of esters is 2. The highest BCUT2D eigenvalue weighted by molar-refractivity contribution is 5.92. The number of allylic oxidation sites excluding steroid dienone is 2. The van der Waals surface area contributed by atoms with Gasteiger partial charge in [0.25, 0.3) is 0 Å². The van der Waals surface area contributed by atoms with Gasteiger partial charge in [-0.2, -0.15) is 0 Å². The van der Waals surface area contributed by atoms with Crippen LogP contribution in [-0.4, -0.2) is 26.2 Å². The zero-order chi connectivity index (χ0) is 11.7. The molecule has 0 saturated carbocycles. The summed E-state index contributed by atoms with van der Waals surface area (Å²) < 4.78 is 9.45. The first kappa shape index (κ1) is 10.9. The van der Waals surface area contributed by atoms with Gasteiger partial charge in [0.1, 0.15) is 0 Å². The number of rotatable bonds is 2. The molecular formula is C12H14O4. The maximum atomic E-state index is 11.6. The molecule has 2 aliphatic rings. The van der Waals surface area contributed by atoms with E-state index in [1.54, 1.807) is 6.08 Å². The molecule has 4 nitrogen and oxygen atoms in total. The van der Waals surface area contributed by atoms with Crippen LogP contribution < -0.4 is 0 Å². The average molecular weight is 222 g/mol. The van der Waals surface area contributed by atoms with E-state index in [9.17, 15) is 9.59 Å². The fraction of sp³-hybridized carbons (Fsp3) is 0.500. The Morgan fingerprint density at radius 3 is 2.69 bits per heavy atom. The maximum Gasteiger partial charge on any atom is 0.334 e. The Labute approximate surface area is 93.9 Å².